The minimum absolute atomic E-state index is 0.153. The number of carbonyl (C=O) groups is 1. The standard InChI is InChI=1S/C15H21N3OS/c1-4-18(11-7-10-16)15(19)17-13-8-5-6-9-14(13)20-12(2)3/h5-6,8-9,12H,4,7,11H2,1-3H3,(H,17,19). The van der Waals surface area contributed by atoms with Crippen molar-refractivity contribution in [3.8, 4) is 6.07 Å². The number of rotatable bonds is 6. The van der Waals surface area contributed by atoms with Crippen molar-refractivity contribution in [2.24, 2.45) is 0 Å². The fourth-order valence-corrected chi connectivity index (χ4v) is 2.62. The quantitative estimate of drug-likeness (QED) is 0.807. The van der Waals surface area contributed by atoms with Gasteiger partial charge in [0, 0.05) is 23.2 Å². The number of nitriles is 1. The van der Waals surface area contributed by atoms with Gasteiger partial charge >= 0.3 is 6.03 Å². The summed E-state index contributed by atoms with van der Waals surface area (Å²) in [5.41, 5.74) is 0.826. The molecule has 1 aromatic rings. The number of hydrogen-bond acceptors (Lipinski definition) is 3. The Bertz CT molecular complexity index is 482. The molecule has 5 heteroatoms. The lowest BCUT2D eigenvalue weighted by Gasteiger charge is -2.21. The lowest BCUT2D eigenvalue weighted by atomic mass is 10.3. The highest BCUT2D eigenvalue weighted by molar-refractivity contribution is 8.00. The van der Waals surface area contributed by atoms with Gasteiger partial charge in [0.2, 0.25) is 0 Å². The Labute approximate surface area is 125 Å². The van der Waals surface area contributed by atoms with Crippen LogP contribution in [0.2, 0.25) is 0 Å². The molecule has 0 radical (unpaired) electrons. The van der Waals surface area contributed by atoms with Gasteiger partial charge in [-0.05, 0) is 19.1 Å². The van der Waals surface area contributed by atoms with Gasteiger partial charge in [0.25, 0.3) is 0 Å². The molecule has 0 bridgehead atoms. The van der Waals surface area contributed by atoms with Crippen molar-refractivity contribution in [2.75, 3.05) is 18.4 Å². The molecule has 2 amide bonds. The predicted molar refractivity (Wildman–Crippen MR) is 83.9 cm³/mol. The van der Waals surface area contributed by atoms with Crippen LogP contribution in [0.4, 0.5) is 10.5 Å². The van der Waals surface area contributed by atoms with Crippen molar-refractivity contribution >= 4 is 23.5 Å². The molecule has 0 saturated carbocycles. The molecule has 0 heterocycles. The van der Waals surface area contributed by atoms with Crippen LogP contribution in [-0.2, 0) is 0 Å². The summed E-state index contributed by atoms with van der Waals surface area (Å²) in [6, 6.07) is 9.69. The molecule has 0 spiro atoms. The first-order valence-corrected chi connectivity index (χ1v) is 7.65. The van der Waals surface area contributed by atoms with Crippen molar-refractivity contribution in [1.82, 2.24) is 4.90 Å². The van der Waals surface area contributed by atoms with Crippen molar-refractivity contribution in [3.63, 3.8) is 0 Å². The summed E-state index contributed by atoms with van der Waals surface area (Å²) in [5, 5.41) is 12.0. The molecule has 1 N–H and O–H groups in total. The summed E-state index contributed by atoms with van der Waals surface area (Å²) in [4.78, 5) is 14.9. The van der Waals surface area contributed by atoms with Gasteiger partial charge in [-0.2, -0.15) is 5.26 Å². The number of thioether (sulfide) groups is 1. The minimum Gasteiger partial charge on any atom is -0.324 e. The Balaban J connectivity index is 2.76. The van der Waals surface area contributed by atoms with Gasteiger partial charge in [-0.3, -0.25) is 0 Å². The largest absolute Gasteiger partial charge is 0.324 e. The molecule has 1 aromatic carbocycles. The summed E-state index contributed by atoms with van der Waals surface area (Å²) in [6.07, 6.45) is 0.351. The number of urea groups is 1. The first kappa shape index (κ1) is 16.4. The van der Waals surface area contributed by atoms with Crippen LogP contribution in [0.5, 0.6) is 0 Å². The number of hydrogen-bond donors (Lipinski definition) is 1. The van der Waals surface area contributed by atoms with Crippen LogP contribution in [0.15, 0.2) is 29.2 Å². The fourth-order valence-electron chi connectivity index (χ4n) is 1.71. The highest BCUT2D eigenvalue weighted by Crippen LogP contribution is 2.30. The van der Waals surface area contributed by atoms with E-state index in [1.165, 1.54) is 0 Å². The molecule has 0 aliphatic carbocycles. The smallest absolute Gasteiger partial charge is 0.321 e. The zero-order valence-electron chi connectivity index (χ0n) is 12.2. The molecule has 20 heavy (non-hydrogen) atoms. The van der Waals surface area contributed by atoms with Gasteiger partial charge in [0.05, 0.1) is 18.2 Å². The molecule has 0 unspecified atom stereocenters. The number of nitrogens with zero attached hydrogens (tertiary/aromatic N) is 2. The monoisotopic (exact) mass is 291 g/mol. The number of carbonyl (C=O) groups excluding carboxylic acids is 1. The summed E-state index contributed by atoms with van der Waals surface area (Å²) in [6.45, 7) is 7.19. The second-order valence-electron chi connectivity index (χ2n) is 4.58. The van der Waals surface area contributed by atoms with Gasteiger partial charge in [0.1, 0.15) is 0 Å². The fraction of sp³-hybridized carbons (Fsp3) is 0.467. The maximum Gasteiger partial charge on any atom is 0.321 e. The molecule has 0 aliphatic heterocycles. The first-order valence-electron chi connectivity index (χ1n) is 6.77. The third kappa shape index (κ3) is 5.14. The van der Waals surface area contributed by atoms with E-state index in [2.05, 4.69) is 25.2 Å². The van der Waals surface area contributed by atoms with Crippen LogP contribution >= 0.6 is 11.8 Å². The van der Waals surface area contributed by atoms with Gasteiger partial charge < -0.3 is 10.2 Å². The van der Waals surface area contributed by atoms with E-state index in [1.54, 1.807) is 16.7 Å². The van der Waals surface area contributed by atoms with E-state index in [1.807, 2.05) is 31.2 Å². The third-order valence-electron chi connectivity index (χ3n) is 2.65. The molecule has 108 valence electrons. The van der Waals surface area contributed by atoms with E-state index >= 15 is 0 Å². The maximum atomic E-state index is 12.2. The maximum absolute atomic E-state index is 12.2. The Morgan fingerprint density at radius 2 is 2.15 bits per heavy atom. The number of para-hydroxylation sites is 1. The average Bonchev–Trinajstić information content (AvgIpc) is 2.41. The summed E-state index contributed by atoms with van der Waals surface area (Å²) in [5.74, 6) is 0. The lowest BCUT2D eigenvalue weighted by molar-refractivity contribution is 0.215. The summed E-state index contributed by atoms with van der Waals surface area (Å²) < 4.78 is 0. The van der Waals surface area contributed by atoms with E-state index in [0.717, 1.165) is 10.6 Å². The second kappa shape index (κ2) is 8.49. The number of anilines is 1. The summed E-state index contributed by atoms with van der Waals surface area (Å²) >= 11 is 1.72. The van der Waals surface area contributed by atoms with E-state index < -0.39 is 0 Å². The second-order valence-corrected chi connectivity index (χ2v) is 6.20. The molecule has 0 fully saturated rings. The SMILES string of the molecule is CCN(CCC#N)C(=O)Nc1ccccc1SC(C)C. The van der Waals surface area contributed by atoms with E-state index in [9.17, 15) is 4.79 Å². The average molecular weight is 291 g/mol. The van der Waals surface area contributed by atoms with Crippen LogP contribution in [0.25, 0.3) is 0 Å². The Hall–Kier alpha value is -1.67. The first-order chi connectivity index (χ1) is 9.58. The van der Waals surface area contributed by atoms with Crippen LogP contribution < -0.4 is 5.32 Å². The van der Waals surface area contributed by atoms with E-state index in [4.69, 9.17) is 5.26 Å². The minimum atomic E-state index is -0.153. The van der Waals surface area contributed by atoms with Gasteiger partial charge in [-0.1, -0.05) is 26.0 Å². The van der Waals surface area contributed by atoms with Gasteiger partial charge in [-0.25, -0.2) is 4.79 Å². The molecule has 1 rings (SSSR count). The zero-order valence-corrected chi connectivity index (χ0v) is 13.0. The summed E-state index contributed by atoms with van der Waals surface area (Å²) in [7, 11) is 0. The van der Waals surface area contributed by atoms with Crippen LogP contribution in [0, 0.1) is 11.3 Å². The van der Waals surface area contributed by atoms with Gasteiger partial charge in [-0.15, -0.1) is 11.8 Å². The molecule has 0 saturated heterocycles. The van der Waals surface area contributed by atoms with Crippen LogP contribution in [0.1, 0.15) is 27.2 Å². The normalized spacial score (nSPS) is 10.2. The van der Waals surface area contributed by atoms with Crippen LogP contribution in [0.3, 0.4) is 0 Å². The molecule has 4 nitrogen and oxygen atoms in total. The molecular formula is C15H21N3OS. The predicted octanol–water partition coefficient (Wildman–Crippen LogP) is 3.95. The Morgan fingerprint density at radius 1 is 1.45 bits per heavy atom. The Morgan fingerprint density at radius 3 is 2.75 bits per heavy atom. The molecule has 0 aliphatic rings. The van der Waals surface area contributed by atoms with Crippen molar-refractivity contribution in [3.05, 3.63) is 24.3 Å². The van der Waals surface area contributed by atoms with Crippen molar-refractivity contribution < 1.29 is 4.79 Å². The van der Waals surface area contributed by atoms with Gasteiger partial charge in [0.15, 0.2) is 0 Å². The molecule has 0 atom stereocenters. The van der Waals surface area contributed by atoms with Crippen LogP contribution in [-0.4, -0.2) is 29.3 Å². The highest BCUT2D eigenvalue weighted by atomic mass is 32.2. The molecule has 0 aromatic heterocycles. The van der Waals surface area contributed by atoms with Crippen molar-refractivity contribution in [1.29, 1.82) is 5.26 Å². The molecular weight excluding hydrogens is 270 g/mol. The Kier molecular flexibility index (Phi) is 6.96. The highest BCUT2D eigenvalue weighted by Gasteiger charge is 2.13. The third-order valence-corrected chi connectivity index (χ3v) is 3.74. The zero-order chi connectivity index (χ0) is 15.0. The topological polar surface area (TPSA) is 56.1 Å². The number of nitrogens with one attached hydrogen (secondary N) is 1. The van der Waals surface area contributed by atoms with E-state index in [-0.39, 0.29) is 6.03 Å². The van der Waals surface area contributed by atoms with Crippen molar-refractivity contribution in [2.45, 2.75) is 37.3 Å². The lowest BCUT2D eigenvalue weighted by Crippen LogP contribution is -2.35. The van der Waals surface area contributed by atoms with E-state index in [0.29, 0.717) is 24.8 Å². The number of amides is 2. The number of benzene rings is 1.